The maximum atomic E-state index is 10.3. The third-order valence-electron chi connectivity index (χ3n) is 11.2. The number of aliphatic hydroxyl groups is 1. The maximum Gasteiger partial charge on any atom is 0.0543 e. The summed E-state index contributed by atoms with van der Waals surface area (Å²) in [5, 5.41) is 10.3. The second-order valence-electron chi connectivity index (χ2n) is 12.9. The normalized spacial score (nSPS) is 47.0. The lowest BCUT2D eigenvalue weighted by molar-refractivity contribution is -0.124. The number of hydrogen-bond acceptors (Lipinski definition) is 1. The summed E-state index contributed by atoms with van der Waals surface area (Å²) in [5.74, 6) is 5.53. The first kappa shape index (κ1) is 23.6. The van der Waals surface area contributed by atoms with E-state index in [1.807, 2.05) is 0 Å². The average Bonchev–Trinajstić information content (AvgIpc) is 3.06. The van der Waals surface area contributed by atoms with Gasteiger partial charge in [0, 0.05) is 0 Å². The molecule has 1 nitrogen and oxygen atoms in total. The predicted molar refractivity (Wildman–Crippen MR) is 133 cm³/mol. The molecule has 9 atom stereocenters. The molecule has 0 amide bonds. The molecule has 4 rings (SSSR count). The minimum Gasteiger partial charge on any atom is -0.393 e. The Balaban J connectivity index is 1.54. The Labute approximate surface area is 193 Å². The van der Waals surface area contributed by atoms with Crippen LogP contribution in [-0.4, -0.2) is 11.2 Å². The molecule has 1 heteroatoms. The molecule has 4 aliphatic rings. The van der Waals surface area contributed by atoms with Crippen LogP contribution in [0.3, 0.4) is 0 Å². The molecule has 0 aromatic carbocycles. The van der Waals surface area contributed by atoms with E-state index in [-0.39, 0.29) is 6.10 Å². The number of allylic oxidation sites excluding steroid dienone is 4. The predicted octanol–water partition coefficient (Wildman–Crippen LogP) is 8.19. The molecule has 0 spiro atoms. The third-order valence-corrected chi connectivity index (χ3v) is 11.2. The van der Waals surface area contributed by atoms with Gasteiger partial charge in [-0.15, -0.1) is 0 Å². The lowest BCUT2D eigenvalue weighted by Gasteiger charge is -2.61. The highest BCUT2D eigenvalue weighted by atomic mass is 16.3. The van der Waals surface area contributed by atoms with Gasteiger partial charge in [0.2, 0.25) is 0 Å². The number of fused-ring (bicyclic) bond motifs is 5. The summed E-state index contributed by atoms with van der Waals surface area (Å²) in [6, 6.07) is 0. The Hall–Kier alpha value is -0.560. The monoisotopic (exact) mass is 426 g/mol. The van der Waals surface area contributed by atoms with E-state index in [9.17, 15) is 5.11 Å². The van der Waals surface area contributed by atoms with E-state index in [0.717, 1.165) is 42.4 Å². The minimum absolute atomic E-state index is 0.0259. The van der Waals surface area contributed by atoms with Crippen LogP contribution in [0.2, 0.25) is 0 Å². The summed E-state index contributed by atoms with van der Waals surface area (Å²) >= 11 is 0. The van der Waals surface area contributed by atoms with Crippen LogP contribution >= 0.6 is 0 Å². The third kappa shape index (κ3) is 3.89. The lowest BCUT2D eigenvalue weighted by atomic mass is 9.44. The number of aliphatic hydroxyl groups excluding tert-OH is 1. The molecule has 0 heterocycles. The van der Waals surface area contributed by atoms with Gasteiger partial charge in [-0.05, 0) is 124 Å². The van der Waals surface area contributed by atoms with E-state index in [1.165, 1.54) is 44.9 Å². The van der Waals surface area contributed by atoms with Gasteiger partial charge in [0.15, 0.2) is 0 Å². The van der Waals surface area contributed by atoms with Gasteiger partial charge in [0.05, 0.1) is 6.10 Å². The van der Waals surface area contributed by atoms with Gasteiger partial charge in [-0.3, -0.25) is 0 Å². The van der Waals surface area contributed by atoms with E-state index in [1.54, 1.807) is 11.1 Å². The Morgan fingerprint density at radius 1 is 0.903 bits per heavy atom. The van der Waals surface area contributed by atoms with E-state index < -0.39 is 0 Å². The van der Waals surface area contributed by atoms with Crippen molar-refractivity contribution in [2.24, 2.45) is 52.3 Å². The van der Waals surface area contributed by atoms with Crippen molar-refractivity contribution in [3.63, 3.8) is 0 Å². The average molecular weight is 427 g/mol. The molecular weight excluding hydrogens is 376 g/mol. The summed E-state index contributed by atoms with van der Waals surface area (Å²) < 4.78 is 0. The molecule has 0 aromatic heterocycles. The van der Waals surface area contributed by atoms with Gasteiger partial charge in [0.25, 0.3) is 0 Å². The standard InChI is InChI=1S/C30H50O/c1-8-24(19(2)3)20(4)17-21(5)26-11-12-27-25-10-9-22-18-23(31)13-15-29(22,6)28(25)14-16-30(26,27)7/h8,17,19-20,22-23,25-28,31H,9-16,18H2,1-7H3/b21-17-,24-8+/t20-,22-,23-,25-,26+,27-,28-,29-,30+/m0/s1. The van der Waals surface area contributed by atoms with Crippen molar-refractivity contribution in [1.82, 2.24) is 0 Å². The Kier molecular flexibility index (Phi) is 6.59. The van der Waals surface area contributed by atoms with Crippen molar-refractivity contribution in [2.45, 2.75) is 112 Å². The van der Waals surface area contributed by atoms with Crippen molar-refractivity contribution < 1.29 is 5.11 Å². The maximum absolute atomic E-state index is 10.3. The van der Waals surface area contributed by atoms with Crippen LogP contribution in [0.4, 0.5) is 0 Å². The highest BCUT2D eigenvalue weighted by molar-refractivity contribution is 5.22. The van der Waals surface area contributed by atoms with Crippen molar-refractivity contribution in [1.29, 1.82) is 0 Å². The van der Waals surface area contributed by atoms with E-state index in [4.69, 9.17) is 0 Å². The molecule has 31 heavy (non-hydrogen) atoms. The van der Waals surface area contributed by atoms with E-state index >= 15 is 0 Å². The molecule has 4 saturated carbocycles. The van der Waals surface area contributed by atoms with Gasteiger partial charge < -0.3 is 5.11 Å². The van der Waals surface area contributed by atoms with E-state index in [2.05, 4.69) is 60.6 Å². The van der Waals surface area contributed by atoms with Crippen molar-refractivity contribution >= 4 is 0 Å². The highest BCUT2D eigenvalue weighted by Gasteiger charge is 2.60. The fourth-order valence-corrected chi connectivity index (χ4v) is 9.71. The summed E-state index contributed by atoms with van der Waals surface area (Å²) in [5.41, 5.74) is 4.27. The first-order valence-electron chi connectivity index (χ1n) is 13.6. The van der Waals surface area contributed by atoms with Gasteiger partial charge >= 0.3 is 0 Å². The van der Waals surface area contributed by atoms with Crippen LogP contribution < -0.4 is 0 Å². The Morgan fingerprint density at radius 3 is 2.26 bits per heavy atom. The summed E-state index contributed by atoms with van der Waals surface area (Å²) in [6.45, 7) is 17.0. The zero-order valence-electron chi connectivity index (χ0n) is 21.6. The molecule has 0 bridgehead atoms. The van der Waals surface area contributed by atoms with Gasteiger partial charge in [-0.25, -0.2) is 0 Å². The highest BCUT2D eigenvalue weighted by Crippen LogP contribution is 2.68. The zero-order valence-corrected chi connectivity index (χ0v) is 21.6. The van der Waals surface area contributed by atoms with Crippen LogP contribution in [0.1, 0.15) is 106 Å². The smallest absolute Gasteiger partial charge is 0.0543 e. The minimum atomic E-state index is -0.0259. The molecule has 4 fully saturated rings. The molecule has 1 N–H and O–H groups in total. The Bertz CT molecular complexity index is 716. The van der Waals surface area contributed by atoms with Crippen LogP contribution in [0.25, 0.3) is 0 Å². The van der Waals surface area contributed by atoms with Crippen LogP contribution in [0, 0.1) is 52.3 Å². The van der Waals surface area contributed by atoms with Gasteiger partial charge in [-0.2, -0.15) is 0 Å². The van der Waals surface area contributed by atoms with Gasteiger partial charge in [-0.1, -0.05) is 57.9 Å². The second kappa shape index (κ2) is 8.66. The topological polar surface area (TPSA) is 20.2 Å². The summed E-state index contributed by atoms with van der Waals surface area (Å²) in [7, 11) is 0. The summed E-state index contributed by atoms with van der Waals surface area (Å²) in [4.78, 5) is 0. The number of hydrogen-bond donors (Lipinski definition) is 1. The fraction of sp³-hybridized carbons (Fsp3) is 0.867. The first-order valence-corrected chi connectivity index (χ1v) is 13.6. The van der Waals surface area contributed by atoms with Crippen molar-refractivity contribution in [3.8, 4) is 0 Å². The fourth-order valence-electron chi connectivity index (χ4n) is 9.71. The van der Waals surface area contributed by atoms with Crippen molar-refractivity contribution in [2.75, 3.05) is 0 Å². The van der Waals surface area contributed by atoms with E-state index in [0.29, 0.717) is 22.7 Å². The zero-order chi connectivity index (χ0) is 22.6. The van der Waals surface area contributed by atoms with Crippen molar-refractivity contribution in [3.05, 3.63) is 23.3 Å². The summed E-state index contributed by atoms with van der Waals surface area (Å²) in [6.07, 6.45) is 16.9. The molecular formula is C30H50O. The molecule has 176 valence electrons. The van der Waals surface area contributed by atoms with Crippen LogP contribution in [-0.2, 0) is 0 Å². The molecule has 0 aromatic rings. The molecule has 0 saturated heterocycles. The Morgan fingerprint density at radius 2 is 1.58 bits per heavy atom. The largest absolute Gasteiger partial charge is 0.393 e. The lowest BCUT2D eigenvalue weighted by Crippen LogP contribution is -2.54. The van der Waals surface area contributed by atoms with Crippen LogP contribution in [0.15, 0.2) is 23.3 Å². The van der Waals surface area contributed by atoms with Crippen LogP contribution in [0.5, 0.6) is 0 Å². The molecule has 0 radical (unpaired) electrons. The molecule has 0 aliphatic heterocycles. The van der Waals surface area contributed by atoms with Gasteiger partial charge in [0.1, 0.15) is 0 Å². The SMILES string of the molecule is C/C=C(\C(C)C)[C@@H](C)/C=C(/C)[C@H]1CC[C@H]2[C@@H]3CC[C@H]4C[C@@H](O)CC[C@]4(C)[C@H]3CC[C@]12C. The molecule has 4 aliphatic carbocycles. The molecule has 0 unspecified atom stereocenters. The second-order valence-corrected chi connectivity index (χ2v) is 12.9. The first-order chi connectivity index (χ1) is 14.6. The quantitative estimate of drug-likeness (QED) is 0.449. The number of rotatable bonds is 4.